The predicted molar refractivity (Wildman–Crippen MR) is 140 cm³/mol. The molecule has 2 aromatic carbocycles. The Balaban J connectivity index is 1.72. The Morgan fingerprint density at radius 2 is 1.92 bits per heavy atom. The van der Waals surface area contributed by atoms with Gasteiger partial charge in [-0.2, -0.15) is 13.2 Å². The van der Waals surface area contributed by atoms with Crippen LogP contribution in [0, 0.1) is 6.92 Å². The highest BCUT2D eigenvalue weighted by Crippen LogP contribution is 2.37. The third-order valence-electron chi connectivity index (χ3n) is 6.59. The summed E-state index contributed by atoms with van der Waals surface area (Å²) in [5.74, 6) is 0.551. The SMILES string of the molecule is CCNc1cc(-c2cc(C)cc(-c3cnco3)c2)cn(-c2cc(N3CC[C@H](O)C3)ccc2C(F)(F)F)c1=O. The van der Waals surface area contributed by atoms with Gasteiger partial charge in [0, 0.05) is 42.6 Å². The lowest BCUT2D eigenvalue weighted by atomic mass is 10.00. The molecule has 0 radical (unpaired) electrons. The molecule has 198 valence electrons. The fourth-order valence-electron chi connectivity index (χ4n) is 4.82. The number of aliphatic hydroxyl groups is 1. The molecule has 7 nitrogen and oxygen atoms in total. The van der Waals surface area contributed by atoms with Crippen LogP contribution in [0.3, 0.4) is 0 Å². The molecule has 1 aliphatic rings. The highest BCUT2D eigenvalue weighted by molar-refractivity contribution is 5.74. The van der Waals surface area contributed by atoms with E-state index in [1.165, 1.54) is 24.7 Å². The van der Waals surface area contributed by atoms with Crippen molar-refractivity contribution < 1.29 is 22.7 Å². The number of anilines is 2. The van der Waals surface area contributed by atoms with E-state index in [0.29, 0.717) is 48.6 Å². The van der Waals surface area contributed by atoms with Crippen molar-refractivity contribution in [2.75, 3.05) is 29.9 Å². The Morgan fingerprint density at radius 3 is 2.58 bits per heavy atom. The summed E-state index contributed by atoms with van der Waals surface area (Å²) in [5, 5.41) is 13.0. The zero-order chi connectivity index (χ0) is 27.0. The largest absolute Gasteiger partial charge is 0.444 e. The molecule has 0 unspecified atom stereocenters. The Bertz CT molecular complexity index is 1510. The molecule has 1 atom stereocenters. The first kappa shape index (κ1) is 25.6. The minimum atomic E-state index is -4.69. The maximum atomic E-state index is 14.2. The number of nitrogens with zero attached hydrogens (tertiary/aromatic N) is 3. The molecule has 2 N–H and O–H groups in total. The van der Waals surface area contributed by atoms with E-state index in [1.807, 2.05) is 36.9 Å². The molecule has 5 rings (SSSR count). The normalized spacial score (nSPS) is 15.7. The lowest BCUT2D eigenvalue weighted by Gasteiger charge is -2.22. The van der Waals surface area contributed by atoms with Crippen molar-refractivity contribution in [2.45, 2.75) is 32.5 Å². The van der Waals surface area contributed by atoms with E-state index in [2.05, 4.69) is 10.3 Å². The number of alkyl halides is 3. The van der Waals surface area contributed by atoms with E-state index < -0.39 is 23.4 Å². The average Bonchev–Trinajstić information content (AvgIpc) is 3.56. The van der Waals surface area contributed by atoms with Crippen molar-refractivity contribution in [3.63, 3.8) is 0 Å². The first-order valence-corrected chi connectivity index (χ1v) is 12.3. The number of β-amino-alcohol motifs (C(OH)–C–C–N with tert-alkyl or cyclic N) is 1. The molecule has 0 bridgehead atoms. The van der Waals surface area contributed by atoms with E-state index in [4.69, 9.17) is 4.42 Å². The summed E-state index contributed by atoms with van der Waals surface area (Å²) in [6.45, 7) is 4.95. The van der Waals surface area contributed by atoms with E-state index in [0.717, 1.165) is 21.8 Å². The fraction of sp³-hybridized carbons (Fsp3) is 0.286. The quantitative estimate of drug-likeness (QED) is 0.347. The molecule has 2 aromatic heterocycles. The van der Waals surface area contributed by atoms with Crippen molar-refractivity contribution in [3.8, 4) is 28.1 Å². The number of oxazole rings is 1. The highest BCUT2D eigenvalue weighted by atomic mass is 19.4. The van der Waals surface area contributed by atoms with Gasteiger partial charge in [0.05, 0.1) is 23.6 Å². The number of aryl methyl sites for hydroxylation is 1. The second-order valence-electron chi connectivity index (χ2n) is 9.39. The topological polar surface area (TPSA) is 83.5 Å². The second kappa shape index (κ2) is 10.0. The van der Waals surface area contributed by atoms with Crippen molar-refractivity contribution >= 4 is 11.4 Å². The number of pyridine rings is 1. The van der Waals surface area contributed by atoms with Crippen LogP contribution in [0.25, 0.3) is 28.1 Å². The number of aromatic nitrogens is 2. The summed E-state index contributed by atoms with van der Waals surface area (Å²) in [6.07, 6.45) is -0.361. The molecule has 1 saturated heterocycles. The Labute approximate surface area is 217 Å². The number of halogens is 3. The van der Waals surface area contributed by atoms with Crippen molar-refractivity contribution in [3.05, 3.63) is 82.7 Å². The molecular formula is C28H27F3N4O3. The van der Waals surface area contributed by atoms with Gasteiger partial charge >= 0.3 is 6.18 Å². The van der Waals surface area contributed by atoms with Crippen molar-refractivity contribution in [1.82, 2.24) is 9.55 Å². The molecule has 1 aliphatic heterocycles. The van der Waals surface area contributed by atoms with Crippen LogP contribution in [-0.4, -0.2) is 40.4 Å². The monoisotopic (exact) mass is 524 g/mol. The minimum absolute atomic E-state index is 0.183. The molecule has 0 aliphatic carbocycles. The van der Waals surface area contributed by atoms with Gasteiger partial charge in [-0.05, 0) is 67.8 Å². The summed E-state index contributed by atoms with van der Waals surface area (Å²) in [4.78, 5) is 19.3. The summed E-state index contributed by atoms with van der Waals surface area (Å²) in [7, 11) is 0. The molecular weight excluding hydrogens is 497 g/mol. The second-order valence-corrected chi connectivity index (χ2v) is 9.39. The minimum Gasteiger partial charge on any atom is -0.444 e. The fourth-order valence-corrected chi connectivity index (χ4v) is 4.82. The van der Waals surface area contributed by atoms with Crippen LogP contribution in [0.5, 0.6) is 0 Å². The number of aliphatic hydroxyl groups excluding tert-OH is 1. The van der Waals surface area contributed by atoms with Crippen LogP contribution in [0.2, 0.25) is 0 Å². The Morgan fingerprint density at radius 1 is 1.13 bits per heavy atom. The summed E-state index contributed by atoms with van der Waals surface area (Å²) >= 11 is 0. The predicted octanol–water partition coefficient (Wildman–Crippen LogP) is 5.49. The van der Waals surface area contributed by atoms with Crippen LogP contribution in [-0.2, 0) is 6.18 Å². The van der Waals surface area contributed by atoms with Crippen LogP contribution >= 0.6 is 0 Å². The zero-order valence-electron chi connectivity index (χ0n) is 20.9. The van der Waals surface area contributed by atoms with Gasteiger partial charge in [0.25, 0.3) is 5.56 Å². The van der Waals surface area contributed by atoms with Gasteiger partial charge in [0.2, 0.25) is 0 Å². The molecule has 3 heterocycles. The van der Waals surface area contributed by atoms with E-state index in [1.54, 1.807) is 12.3 Å². The van der Waals surface area contributed by atoms with Crippen LogP contribution in [0.4, 0.5) is 24.5 Å². The van der Waals surface area contributed by atoms with E-state index in [-0.39, 0.29) is 11.4 Å². The smallest absolute Gasteiger partial charge is 0.418 e. The zero-order valence-corrected chi connectivity index (χ0v) is 20.9. The molecule has 0 saturated carbocycles. The molecule has 4 aromatic rings. The Hall–Kier alpha value is -4.05. The molecule has 38 heavy (non-hydrogen) atoms. The maximum Gasteiger partial charge on any atom is 0.418 e. The number of hydrogen-bond donors (Lipinski definition) is 2. The number of nitrogens with one attached hydrogen (secondary N) is 1. The summed E-state index contributed by atoms with van der Waals surface area (Å²) in [6, 6.07) is 11.1. The van der Waals surface area contributed by atoms with Gasteiger partial charge < -0.3 is 19.7 Å². The van der Waals surface area contributed by atoms with Gasteiger partial charge in [-0.1, -0.05) is 6.07 Å². The van der Waals surface area contributed by atoms with Gasteiger partial charge in [0.1, 0.15) is 5.69 Å². The first-order valence-electron chi connectivity index (χ1n) is 12.3. The first-order chi connectivity index (χ1) is 18.1. The van der Waals surface area contributed by atoms with Gasteiger partial charge in [-0.15, -0.1) is 0 Å². The number of rotatable bonds is 6. The van der Waals surface area contributed by atoms with Crippen LogP contribution < -0.4 is 15.8 Å². The third kappa shape index (κ3) is 5.04. The standard InChI is InChI=1S/C28H27F3N4O3/c1-3-33-24-11-20(18-8-17(2)9-19(10-18)26-13-32-16-38-26)14-35(27(24)37)25-12-21(34-7-6-22(36)15-34)4-5-23(25)28(29,30)31/h4-5,8-14,16,22,33,36H,3,6-7,15H2,1-2H3/t22-/m0/s1. The maximum absolute atomic E-state index is 14.2. The summed E-state index contributed by atoms with van der Waals surface area (Å²) in [5.41, 5.74) is 1.82. The third-order valence-corrected chi connectivity index (χ3v) is 6.59. The van der Waals surface area contributed by atoms with Gasteiger partial charge in [-0.25, -0.2) is 4.98 Å². The van der Waals surface area contributed by atoms with E-state index >= 15 is 0 Å². The van der Waals surface area contributed by atoms with Gasteiger partial charge in [-0.3, -0.25) is 9.36 Å². The highest BCUT2D eigenvalue weighted by Gasteiger charge is 2.35. The van der Waals surface area contributed by atoms with Crippen molar-refractivity contribution in [1.29, 1.82) is 0 Å². The lowest BCUT2D eigenvalue weighted by molar-refractivity contribution is -0.137. The van der Waals surface area contributed by atoms with Gasteiger partial charge in [0.15, 0.2) is 12.2 Å². The molecule has 0 spiro atoms. The number of hydrogen-bond acceptors (Lipinski definition) is 6. The average molecular weight is 525 g/mol. The van der Waals surface area contributed by atoms with Crippen LogP contribution in [0.15, 0.2) is 70.5 Å². The number of benzene rings is 2. The summed E-state index contributed by atoms with van der Waals surface area (Å²) < 4.78 is 49.0. The molecule has 10 heteroatoms. The lowest BCUT2D eigenvalue weighted by Crippen LogP contribution is -2.26. The molecule has 1 fully saturated rings. The molecule has 0 amide bonds. The van der Waals surface area contributed by atoms with Crippen LogP contribution in [0.1, 0.15) is 24.5 Å². The Kier molecular flexibility index (Phi) is 6.75. The van der Waals surface area contributed by atoms with E-state index in [9.17, 15) is 23.1 Å². The van der Waals surface area contributed by atoms with Crippen molar-refractivity contribution in [2.24, 2.45) is 0 Å².